The van der Waals surface area contributed by atoms with E-state index in [0.29, 0.717) is 23.9 Å². The van der Waals surface area contributed by atoms with Gasteiger partial charge in [0.15, 0.2) is 5.69 Å². The van der Waals surface area contributed by atoms with E-state index in [1.165, 1.54) is 4.68 Å². The van der Waals surface area contributed by atoms with Crippen LogP contribution in [-0.2, 0) is 7.05 Å². The zero-order chi connectivity index (χ0) is 18.4. The van der Waals surface area contributed by atoms with Gasteiger partial charge in [0.05, 0.1) is 12.0 Å². The molecule has 1 N–H and O–H groups in total. The van der Waals surface area contributed by atoms with E-state index >= 15 is 0 Å². The molecule has 1 heterocycles. The summed E-state index contributed by atoms with van der Waals surface area (Å²) in [6, 6.07) is 16.7. The van der Waals surface area contributed by atoms with E-state index < -0.39 is 0 Å². The van der Waals surface area contributed by atoms with E-state index in [1.807, 2.05) is 30.3 Å². The largest absolute Gasteiger partial charge is 0.494 e. The molecular weight excluding hydrogens is 330 g/mol. The van der Waals surface area contributed by atoms with Crippen LogP contribution in [0.15, 0.2) is 59.4 Å². The molecule has 2 aromatic carbocycles. The molecule has 3 rings (SSSR count). The van der Waals surface area contributed by atoms with Crippen molar-refractivity contribution in [3.05, 3.63) is 70.6 Å². The molecule has 0 unspecified atom stereocenters. The molecule has 6 nitrogen and oxygen atoms in total. The van der Waals surface area contributed by atoms with Gasteiger partial charge in [0, 0.05) is 19.0 Å². The first kappa shape index (κ1) is 17.7. The third-order valence-corrected chi connectivity index (χ3v) is 4.04. The van der Waals surface area contributed by atoms with Crippen LogP contribution in [0.25, 0.3) is 10.8 Å². The van der Waals surface area contributed by atoms with Gasteiger partial charge in [-0.3, -0.25) is 9.59 Å². The van der Waals surface area contributed by atoms with E-state index in [1.54, 1.807) is 31.3 Å². The van der Waals surface area contributed by atoms with Gasteiger partial charge in [-0.1, -0.05) is 36.4 Å². The molecule has 26 heavy (non-hydrogen) atoms. The van der Waals surface area contributed by atoms with Crippen molar-refractivity contribution < 1.29 is 9.53 Å². The molecular formula is C20H21N3O3. The average molecular weight is 351 g/mol. The summed E-state index contributed by atoms with van der Waals surface area (Å²) >= 11 is 0. The van der Waals surface area contributed by atoms with Crippen LogP contribution in [0, 0.1) is 0 Å². The molecule has 0 radical (unpaired) electrons. The van der Waals surface area contributed by atoms with Gasteiger partial charge in [0.2, 0.25) is 0 Å². The van der Waals surface area contributed by atoms with Gasteiger partial charge in [-0.15, -0.1) is 0 Å². The molecule has 0 aliphatic heterocycles. The van der Waals surface area contributed by atoms with Crippen molar-refractivity contribution in [3.63, 3.8) is 0 Å². The van der Waals surface area contributed by atoms with Crippen molar-refractivity contribution in [1.82, 2.24) is 15.1 Å². The summed E-state index contributed by atoms with van der Waals surface area (Å²) in [5, 5.41) is 8.05. The summed E-state index contributed by atoms with van der Waals surface area (Å²) in [5.74, 6) is 0.568. The number of nitrogens with one attached hydrogen (secondary N) is 1. The number of hydrogen-bond donors (Lipinski definition) is 1. The van der Waals surface area contributed by atoms with Gasteiger partial charge in [-0.25, -0.2) is 4.68 Å². The molecule has 0 atom stereocenters. The first-order chi connectivity index (χ1) is 12.7. The van der Waals surface area contributed by atoms with Crippen molar-refractivity contribution in [2.24, 2.45) is 7.05 Å². The number of carbonyl (C=O) groups excluding carboxylic acids is 1. The number of hydrogen-bond acceptors (Lipinski definition) is 4. The molecule has 0 aliphatic rings. The summed E-state index contributed by atoms with van der Waals surface area (Å²) < 4.78 is 6.82. The minimum atomic E-state index is -0.277. The molecule has 0 fully saturated rings. The van der Waals surface area contributed by atoms with Crippen molar-refractivity contribution in [1.29, 1.82) is 0 Å². The lowest BCUT2D eigenvalue weighted by atomic mass is 10.1. The van der Waals surface area contributed by atoms with Crippen molar-refractivity contribution in [2.45, 2.75) is 12.8 Å². The fraction of sp³-hybridized carbons (Fsp3) is 0.250. The third-order valence-electron chi connectivity index (χ3n) is 4.04. The number of carbonyl (C=O) groups is 1. The predicted molar refractivity (Wildman–Crippen MR) is 100 cm³/mol. The fourth-order valence-corrected chi connectivity index (χ4v) is 2.69. The number of ether oxygens (including phenoxy) is 1. The molecule has 0 bridgehead atoms. The van der Waals surface area contributed by atoms with Crippen LogP contribution in [0.4, 0.5) is 0 Å². The van der Waals surface area contributed by atoms with E-state index in [9.17, 15) is 9.59 Å². The fourth-order valence-electron chi connectivity index (χ4n) is 2.69. The minimum Gasteiger partial charge on any atom is -0.494 e. The predicted octanol–water partition coefficient (Wildman–Crippen LogP) is 2.52. The summed E-state index contributed by atoms with van der Waals surface area (Å²) in [7, 11) is 1.55. The molecule has 0 spiro atoms. The lowest BCUT2D eigenvalue weighted by Crippen LogP contribution is -2.30. The Bertz CT molecular complexity index is 951. The van der Waals surface area contributed by atoms with Gasteiger partial charge in [0.25, 0.3) is 11.5 Å². The second-order valence-corrected chi connectivity index (χ2v) is 5.95. The highest BCUT2D eigenvalue weighted by Crippen LogP contribution is 2.13. The molecule has 1 amide bonds. The highest BCUT2D eigenvalue weighted by atomic mass is 16.5. The Kier molecular flexibility index (Phi) is 5.63. The average Bonchev–Trinajstić information content (AvgIpc) is 2.68. The molecule has 1 aromatic heterocycles. The number of amides is 1. The Morgan fingerprint density at radius 3 is 2.50 bits per heavy atom. The van der Waals surface area contributed by atoms with Crippen LogP contribution >= 0.6 is 0 Å². The first-order valence-electron chi connectivity index (χ1n) is 8.59. The van der Waals surface area contributed by atoms with E-state index in [-0.39, 0.29) is 17.2 Å². The Morgan fingerprint density at radius 1 is 1.04 bits per heavy atom. The molecule has 134 valence electrons. The van der Waals surface area contributed by atoms with Gasteiger partial charge < -0.3 is 10.1 Å². The Hall–Kier alpha value is -3.15. The Labute approximate surface area is 151 Å². The zero-order valence-electron chi connectivity index (χ0n) is 14.6. The van der Waals surface area contributed by atoms with Crippen LogP contribution < -0.4 is 15.6 Å². The normalized spacial score (nSPS) is 10.7. The quantitative estimate of drug-likeness (QED) is 0.664. The topological polar surface area (TPSA) is 73.2 Å². The maximum atomic E-state index is 12.5. The summed E-state index contributed by atoms with van der Waals surface area (Å²) in [6.45, 7) is 1.12. The maximum absolute atomic E-state index is 12.5. The van der Waals surface area contributed by atoms with Gasteiger partial charge in [-0.2, -0.15) is 5.10 Å². The van der Waals surface area contributed by atoms with Crippen molar-refractivity contribution >= 4 is 16.7 Å². The molecule has 0 aliphatic carbocycles. The maximum Gasteiger partial charge on any atom is 0.274 e. The van der Waals surface area contributed by atoms with Crippen LogP contribution in [0.3, 0.4) is 0 Å². The number of benzene rings is 2. The van der Waals surface area contributed by atoms with Crippen LogP contribution in [0.1, 0.15) is 23.3 Å². The Morgan fingerprint density at radius 2 is 1.73 bits per heavy atom. The minimum absolute atomic E-state index is 0.213. The number of fused-ring (bicyclic) bond motifs is 1. The number of para-hydroxylation sites is 1. The van der Waals surface area contributed by atoms with E-state index in [0.717, 1.165) is 18.6 Å². The van der Waals surface area contributed by atoms with Gasteiger partial charge in [0.1, 0.15) is 5.75 Å². The van der Waals surface area contributed by atoms with Crippen LogP contribution in [0.5, 0.6) is 5.75 Å². The number of aromatic nitrogens is 2. The summed E-state index contributed by atoms with van der Waals surface area (Å²) in [4.78, 5) is 24.6. The second kappa shape index (κ2) is 8.29. The Balaban J connectivity index is 1.53. The van der Waals surface area contributed by atoms with Crippen molar-refractivity contribution in [3.8, 4) is 5.75 Å². The second-order valence-electron chi connectivity index (χ2n) is 5.95. The highest BCUT2D eigenvalue weighted by Gasteiger charge is 2.14. The number of unbranched alkanes of at least 4 members (excludes halogenated alkanes) is 1. The molecule has 0 saturated heterocycles. The number of nitrogens with zero attached hydrogens (tertiary/aromatic N) is 2. The zero-order valence-corrected chi connectivity index (χ0v) is 14.6. The van der Waals surface area contributed by atoms with Gasteiger partial charge in [-0.05, 0) is 31.0 Å². The lowest BCUT2D eigenvalue weighted by Gasteiger charge is -2.09. The van der Waals surface area contributed by atoms with Crippen molar-refractivity contribution in [2.75, 3.05) is 13.2 Å². The van der Waals surface area contributed by atoms with E-state index in [4.69, 9.17) is 4.74 Å². The summed E-state index contributed by atoms with van der Waals surface area (Å²) in [6.07, 6.45) is 1.62. The number of aryl methyl sites for hydroxylation is 1. The van der Waals surface area contributed by atoms with Crippen LogP contribution in [-0.4, -0.2) is 28.8 Å². The van der Waals surface area contributed by atoms with E-state index in [2.05, 4.69) is 10.4 Å². The first-order valence-corrected chi connectivity index (χ1v) is 8.59. The van der Waals surface area contributed by atoms with Crippen LogP contribution in [0.2, 0.25) is 0 Å². The SMILES string of the molecule is Cn1nc(C(=O)NCCCCOc2ccccc2)c2ccccc2c1=O. The molecule has 6 heteroatoms. The van der Waals surface area contributed by atoms with Gasteiger partial charge >= 0.3 is 0 Å². The molecule has 3 aromatic rings. The highest BCUT2D eigenvalue weighted by molar-refractivity contribution is 6.04. The lowest BCUT2D eigenvalue weighted by molar-refractivity contribution is 0.0947. The summed E-state index contributed by atoms with van der Waals surface area (Å²) in [5.41, 5.74) is 0.0541. The number of rotatable bonds is 7. The third kappa shape index (κ3) is 4.08. The standard InChI is InChI=1S/C20H21N3O3/c1-23-20(25)17-12-6-5-11-16(17)18(22-23)19(24)21-13-7-8-14-26-15-9-3-2-4-10-15/h2-6,9-12H,7-8,13-14H2,1H3,(H,21,24). The molecule has 0 saturated carbocycles. The monoisotopic (exact) mass is 351 g/mol. The smallest absolute Gasteiger partial charge is 0.274 e.